The molecule has 0 aliphatic carbocycles. The lowest BCUT2D eigenvalue weighted by Crippen LogP contribution is -2.46. The second-order valence-corrected chi connectivity index (χ2v) is 5.37. The number of aliphatic carboxylic acids is 1. The Labute approximate surface area is 126 Å². The fourth-order valence-electron chi connectivity index (χ4n) is 2.08. The average Bonchev–Trinajstić information content (AvgIpc) is 2.36. The van der Waals surface area contributed by atoms with Crippen LogP contribution < -0.4 is 0 Å². The van der Waals surface area contributed by atoms with Gasteiger partial charge in [-0.1, -0.05) is 23.2 Å². The summed E-state index contributed by atoms with van der Waals surface area (Å²) in [6, 6.07) is 4.63. The van der Waals surface area contributed by atoms with E-state index in [1.54, 1.807) is 11.0 Å². The number of carboxylic acid groups (broad SMARTS) is 1. The summed E-state index contributed by atoms with van der Waals surface area (Å²) in [4.78, 5) is 24.6. The molecule has 1 aliphatic heterocycles. The van der Waals surface area contributed by atoms with E-state index in [4.69, 9.17) is 33.0 Å². The lowest BCUT2D eigenvalue weighted by molar-refractivity contribution is -0.141. The lowest BCUT2D eigenvalue weighted by atomic mass is 10.1. The van der Waals surface area contributed by atoms with E-state index >= 15 is 0 Å². The van der Waals surface area contributed by atoms with Crippen molar-refractivity contribution in [1.82, 2.24) is 4.90 Å². The van der Waals surface area contributed by atoms with Gasteiger partial charge in [0.15, 0.2) is 0 Å². The molecule has 0 aromatic heterocycles. The van der Waals surface area contributed by atoms with Crippen LogP contribution in [0.5, 0.6) is 0 Å². The highest BCUT2D eigenvalue weighted by Gasteiger charge is 2.26. The highest BCUT2D eigenvalue weighted by molar-refractivity contribution is 6.35. The van der Waals surface area contributed by atoms with Crippen LogP contribution in [0.1, 0.15) is 16.8 Å². The van der Waals surface area contributed by atoms with Gasteiger partial charge in [0.25, 0.3) is 5.91 Å². The standard InChI is InChI=1S/C13H13Cl2NO4/c14-9-3-8(4-10(15)5-9)13(19)16-1-2-20-11(7-16)6-12(17)18/h3-5,11H,1-2,6-7H2,(H,17,18). The smallest absolute Gasteiger partial charge is 0.306 e. The molecule has 0 saturated carbocycles. The van der Waals surface area contributed by atoms with Crippen molar-refractivity contribution in [3.63, 3.8) is 0 Å². The first-order valence-electron chi connectivity index (χ1n) is 6.04. The third kappa shape index (κ3) is 3.85. The van der Waals surface area contributed by atoms with Crippen molar-refractivity contribution in [3.05, 3.63) is 33.8 Å². The lowest BCUT2D eigenvalue weighted by Gasteiger charge is -2.32. The summed E-state index contributed by atoms with van der Waals surface area (Å²) in [5.74, 6) is -1.18. The molecule has 0 spiro atoms. The molecule has 5 nitrogen and oxygen atoms in total. The number of benzene rings is 1. The van der Waals surface area contributed by atoms with Crippen LogP contribution >= 0.6 is 23.2 Å². The maximum atomic E-state index is 12.3. The normalized spacial score (nSPS) is 18.9. The van der Waals surface area contributed by atoms with Crippen LogP contribution in [-0.4, -0.2) is 47.7 Å². The Kier molecular flexibility index (Phi) is 4.86. The van der Waals surface area contributed by atoms with Crippen LogP contribution in [0, 0.1) is 0 Å². The van der Waals surface area contributed by atoms with Crippen LogP contribution in [0.4, 0.5) is 0 Å². The molecule has 1 atom stereocenters. The molecule has 1 aromatic rings. The molecule has 1 aliphatic rings. The molecule has 1 heterocycles. The Balaban J connectivity index is 2.10. The van der Waals surface area contributed by atoms with E-state index in [0.717, 1.165) is 0 Å². The van der Waals surface area contributed by atoms with Gasteiger partial charge >= 0.3 is 5.97 Å². The minimum atomic E-state index is -0.949. The van der Waals surface area contributed by atoms with Crippen molar-refractivity contribution in [1.29, 1.82) is 0 Å². The Hall–Kier alpha value is -1.30. The van der Waals surface area contributed by atoms with Crippen molar-refractivity contribution in [2.45, 2.75) is 12.5 Å². The Morgan fingerprint density at radius 2 is 1.95 bits per heavy atom. The Morgan fingerprint density at radius 3 is 2.55 bits per heavy atom. The number of halogens is 2. The minimum absolute atomic E-state index is 0.125. The number of carboxylic acids is 1. The van der Waals surface area contributed by atoms with Crippen LogP contribution in [0.3, 0.4) is 0 Å². The van der Waals surface area contributed by atoms with Crippen molar-refractivity contribution in [3.8, 4) is 0 Å². The molecule has 1 N–H and O–H groups in total. The zero-order chi connectivity index (χ0) is 14.7. The summed E-state index contributed by atoms with van der Waals surface area (Å²) in [5, 5.41) is 9.53. The molecule has 20 heavy (non-hydrogen) atoms. The van der Waals surface area contributed by atoms with Gasteiger partial charge in [-0.15, -0.1) is 0 Å². The molecule has 1 amide bonds. The van der Waals surface area contributed by atoms with E-state index in [-0.39, 0.29) is 18.9 Å². The van der Waals surface area contributed by atoms with Gasteiger partial charge in [-0.2, -0.15) is 0 Å². The van der Waals surface area contributed by atoms with Gasteiger partial charge in [0.2, 0.25) is 0 Å². The zero-order valence-corrected chi connectivity index (χ0v) is 12.0. The van der Waals surface area contributed by atoms with E-state index in [1.165, 1.54) is 12.1 Å². The summed E-state index contributed by atoms with van der Waals surface area (Å²) >= 11 is 11.7. The Bertz CT molecular complexity index is 515. The molecule has 1 aromatic carbocycles. The fraction of sp³-hybridized carbons (Fsp3) is 0.385. The second-order valence-electron chi connectivity index (χ2n) is 4.50. The number of carbonyl (C=O) groups excluding carboxylic acids is 1. The largest absolute Gasteiger partial charge is 0.481 e. The van der Waals surface area contributed by atoms with Crippen LogP contribution in [0.2, 0.25) is 10.0 Å². The maximum absolute atomic E-state index is 12.3. The van der Waals surface area contributed by atoms with E-state index in [9.17, 15) is 9.59 Å². The number of carbonyl (C=O) groups is 2. The van der Waals surface area contributed by atoms with Gasteiger partial charge in [-0.25, -0.2) is 0 Å². The first-order valence-corrected chi connectivity index (χ1v) is 6.80. The van der Waals surface area contributed by atoms with E-state index in [1.807, 2.05) is 0 Å². The summed E-state index contributed by atoms with van der Waals surface area (Å²) in [7, 11) is 0. The summed E-state index contributed by atoms with van der Waals surface area (Å²) in [5.41, 5.74) is 0.387. The van der Waals surface area contributed by atoms with Gasteiger partial charge < -0.3 is 14.7 Å². The summed E-state index contributed by atoms with van der Waals surface area (Å²) < 4.78 is 5.33. The number of rotatable bonds is 3. The van der Waals surface area contributed by atoms with E-state index < -0.39 is 12.1 Å². The van der Waals surface area contributed by atoms with Gasteiger partial charge in [-0.3, -0.25) is 9.59 Å². The van der Waals surface area contributed by atoms with Gasteiger partial charge in [-0.05, 0) is 18.2 Å². The molecule has 1 unspecified atom stereocenters. The number of hydrogen-bond donors (Lipinski definition) is 1. The molecule has 1 saturated heterocycles. The number of nitrogens with zero attached hydrogens (tertiary/aromatic N) is 1. The van der Waals surface area contributed by atoms with Crippen molar-refractivity contribution < 1.29 is 19.4 Å². The predicted molar refractivity (Wildman–Crippen MR) is 74.4 cm³/mol. The van der Waals surface area contributed by atoms with Crippen molar-refractivity contribution in [2.24, 2.45) is 0 Å². The molecule has 1 fully saturated rings. The second kappa shape index (κ2) is 6.43. The van der Waals surface area contributed by atoms with E-state index in [2.05, 4.69) is 0 Å². The van der Waals surface area contributed by atoms with Crippen molar-refractivity contribution in [2.75, 3.05) is 19.7 Å². The fourth-order valence-corrected chi connectivity index (χ4v) is 2.61. The number of amides is 1. The van der Waals surface area contributed by atoms with E-state index in [0.29, 0.717) is 28.8 Å². The minimum Gasteiger partial charge on any atom is -0.481 e. The molecule has 7 heteroatoms. The first kappa shape index (κ1) is 15.1. The summed E-state index contributed by atoms with van der Waals surface area (Å²) in [6.07, 6.45) is -0.611. The molecular formula is C13H13Cl2NO4. The Morgan fingerprint density at radius 1 is 1.30 bits per heavy atom. The predicted octanol–water partition coefficient (Wildman–Crippen LogP) is 2.31. The highest BCUT2D eigenvalue weighted by Crippen LogP contribution is 2.21. The quantitative estimate of drug-likeness (QED) is 0.929. The molecular weight excluding hydrogens is 305 g/mol. The van der Waals surface area contributed by atoms with Crippen LogP contribution in [0.25, 0.3) is 0 Å². The zero-order valence-electron chi connectivity index (χ0n) is 10.5. The average molecular weight is 318 g/mol. The molecule has 0 radical (unpaired) electrons. The number of ether oxygens (including phenoxy) is 1. The van der Waals surface area contributed by atoms with Crippen molar-refractivity contribution >= 4 is 35.1 Å². The van der Waals surface area contributed by atoms with Crippen LogP contribution in [0.15, 0.2) is 18.2 Å². The third-order valence-corrected chi connectivity index (χ3v) is 3.37. The molecule has 108 valence electrons. The highest BCUT2D eigenvalue weighted by atomic mass is 35.5. The SMILES string of the molecule is O=C(O)CC1CN(C(=O)c2cc(Cl)cc(Cl)c2)CCO1. The van der Waals surface area contributed by atoms with Gasteiger partial charge in [0.1, 0.15) is 0 Å². The molecule has 2 rings (SSSR count). The van der Waals surface area contributed by atoms with Crippen LogP contribution in [-0.2, 0) is 9.53 Å². The first-order chi connectivity index (χ1) is 9.45. The monoisotopic (exact) mass is 317 g/mol. The van der Waals surface area contributed by atoms with Gasteiger partial charge in [0, 0.05) is 28.7 Å². The topological polar surface area (TPSA) is 66.8 Å². The number of morpholine rings is 1. The van der Waals surface area contributed by atoms with Gasteiger partial charge in [0.05, 0.1) is 19.1 Å². The summed E-state index contributed by atoms with van der Waals surface area (Å²) in [6.45, 7) is 0.979. The molecule has 0 bridgehead atoms. The third-order valence-electron chi connectivity index (χ3n) is 2.94. The number of hydrogen-bond acceptors (Lipinski definition) is 3. The maximum Gasteiger partial charge on any atom is 0.306 e.